The van der Waals surface area contributed by atoms with Gasteiger partial charge in [-0.25, -0.2) is 0 Å². The summed E-state index contributed by atoms with van der Waals surface area (Å²) >= 11 is 5.64. The Morgan fingerprint density at radius 3 is 2.20 bits per heavy atom. The maximum atomic E-state index is 11.3. The standard InChI is InChI=1S/C13H13ClO/c14-12(15)13(7-8-13)11-5-3-10(4-6-11)9-1-2-9/h3-6,9H,1-2,7-8H2. The van der Waals surface area contributed by atoms with Crippen LogP contribution >= 0.6 is 11.6 Å². The summed E-state index contributed by atoms with van der Waals surface area (Å²) in [6.07, 6.45) is 4.47. The molecule has 0 saturated heterocycles. The smallest absolute Gasteiger partial charge is 0.232 e. The second kappa shape index (κ2) is 3.08. The van der Waals surface area contributed by atoms with Gasteiger partial charge in [0.2, 0.25) is 5.24 Å². The van der Waals surface area contributed by atoms with Gasteiger partial charge in [-0.05, 0) is 54.3 Å². The van der Waals surface area contributed by atoms with Gasteiger partial charge in [-0.3, -0.25) is 4.79 Å². The van der Waals surface area contributed by atoms with Crippen molar-refractivity contribution < 1.29 is 4.79 Å². The summed E-state index contributed by atoms with van der Waals surface area (Å²) in [5.74, 6) is 0.779. The molecule has 2 saturated carbocycles. The Morgan fingerprint density at radius 2 is 1.80 bits per heavy atom. The van der Waals surface area contributed by atoms with Gasteiger partial charge in [0.25, 0.3) is 0 Å². The molecule has 1 nitrogen and oxygen atoms in total. The summed E-state index contributed by atoms with van der Waals surface area (Å²) in [6.45, 7) is 0. The Morgan fingerprint density at radius 1 is 1.20 bits per heavy atom. The maximum absolute atomic E-state index is 11.3. The molecule has 0 unspecified atom stereocenters. The molecule has 2 aliphatic rings. The average Bonchev–Trinajstić information content (AvgIpc) is 3.11. The Balaban J connectivity index is 1.90. The first-order valence-electron chi connectivity index (χ1n) is 5.53. The van der Waals surface area contributed by atoms with Gasteiger partial charge in [0.15, 0.2) is 0 Å². The molecule has 2 aliphatic carbocycles. The summed E-state index contributed by atoms with van der Waals surface area (Å²) in [4.78, 5) is 11.3. The Labute approximate surface area is 94.4 Å². The molecule has 0 amide bonds. The lowest BCUT2D eigenvalue weighted by Crippen LogP contribution is -2.14. The zero-order valence-corrected chi connectivity index (χ0v) is 9.26. The SMILES string of the molecule is O=C(Cl)C1(c2ccc(C3CC3)cc2)CC1. The fraction of sp³-hybridized carbons (Fsp3) is 0.462. The van der Waals surface area contributed by atoms with Crippen LogP contribution in [0, 0.1) is 0 Å². The highest BCUT2D eigenvalue weighted by Gasteiger charge is 2.50. The Bertz CT molecular complexity index is 399. The van der Waals surface area contributed by atoms with Crippen molar-refractivity contribution in [1.29, 1.82) is 0 Å². The highest BCUT2D eigenvalue weighted by atomic mass is 35.5. The summed E-state index contributed by atoms with van der Waals surface area (Å²) in [5.41, 5.74) is 2.19. The van der Waals surface area contributed by atoms with E-state index in [2.05, 4.69) is 24.3 Å². The molecule has 0 aromatic heterocycles. The molecule has 0 radical (unpaired) electrons. The quantitative estimate of drug-likeness (QED) is 0.714. The summed E-state index contributed by atoms with van der Waals surface area (Å²) in [5, 5.41) is -0.193. The van der Waals surface area contributed by atoms with E-state index < -0.39 is 0 Å². The van der Waals surface area contributed by atoms with Crippen LogP contribution in [0.3, 0.4) is 0 Å². The predicted molar refractivity (Wildman–Crippen MR) is 60.2 cm³/mol. The van der Waals surface area contributed by atoms with Crippen molar-refractivity contribution in [2.75, 3.05) is 0 Å². The molecule has 2 heteroatoms. The summed E-state index contributed by atoms with van der Waals surface area (Å²) in [6, 6.07) is 8.49. The molecule has 15 heavy (non-hydrogen) atoms. The van der Waals surface area contributed by atoms with E-state index in [-0.39, 0.29) is 10.7 Å². The second-order valence-electron chi connectivity index (χ2n) is 4.75. The molecule has 0 bridgehead atoms. The fourth-order valence-electron chi connectivity index (χ4n) is 2.21. The summed E-state index contributed by atoms with van der Waals surface area (Å²) < 4.78 is 0. The molecule has 0 aliphatic heterocycles. The Hall–Kier alpha value is -0.820. The lowest BCUT2D eigenvalue weighted by molar-refractivity contribution is -0.113. The van der Waals surface area contributed by atoms with Crippen molar-refractivity contribution in [3.05, 3.63) is 35.4 Å². The zero-order chi connectivity index (χ0) is 10.5. The molecule has 0 atom stereocenters. The molecule has 3 rings (SSSR count). The third kappa shape index (κ3) is 1.50. The molecule has 0 heterocycles. The van der Waals surface area contributed by atoms with Crippen molar-refractivity contribution >= 4 is 16.8 Å². The van der Waals surface area contributed by atoms with E-state index in [0.29, 0.717) is 0 Å². The first kappa shape index (κ1) is 9.41. The molecular weight excluding hydrogens is 208 g/mol. The van der Waals surface area contributed by atoms with Gasteiger partial charge in [-0.1, -0.05) is 24.3 Å². The topological polar surface area (TPSA) is 17.1 Å². The first-order valence-corrected chi connectivity index (χ1v) is 5.90. The number of carbonyl (C=O) groups excluding carboxylic acids is 1. The van der Waals surface area contributed by atoms with Crippen LogP contribution in [0.1, 0.15) is 42.7 Å². The van der Waals surface area contributed by atoms with Crippen LogP contribution in [0.25, 0.3) is 0 Å². The largest absolute Gasteiger partial charge is 0.280 e. The van der Waals surface area contributed by atoms with Crippen molar-refractivity contribution in [2.45, 2.75) is 37.0 Å². The zero-order valence-electron chi connectivity index (χ0n) is 8.50. The fourth-order valence-corrected chi connectivity index (χ4v) is 2.51. The van der Waals surface area contributed by atoms with Crippen molar-refractivity contribution in [1.82, 2.24) is 0 Å². The van der Waals surface area contributed by atoms with E-state index >= 15 is 0 Å². The van der Waals surface area contributed by atoms with E-state index in [9.17, 15) is 4.79 Å². The van der Waals surface area contributed by atoms with Gasteiger partial charge < -0.3 is 0 Å². The number of halogens is 1. The number of hydrogen-bond donors (Lipinski definition) is 0. The molecular formula is C13H13ClO. The van der Waals surface area contributed by atoms with Gasteiger partial charge >= 0.3 is 0 Å². The molecule has 1 aromatic carbocycles. The highest BCUT2D eigenvalue weighted by molar-refractivity contribution is 6.66. The van der Waals surface area contributed by atoms with E-state index in [1.54, 1.807) is 0 Å². The molecule has 0 spiro atoms. The van der Waals surface area contributed by atoms with E-state index in [4.69, 9.17) is 11.6 Å². The molecule has 0 N–H and O–H groups in total. The van der Waals surface area contributed by atoms with Crippen LogP contribution in [0.4, 0.5) is 0 Å². The van der Waals surface area contributed by atoms with Gasteiger partial charge in [0.1, 0.15) is 0 Å². The van der Waals surface area contributed by atoms with E-state index in [1.807, 2.05) is 0 Å². The minimum atomic E-state index is -0.330. The van der Waals surface area contributed by atoms with Crippen LogP contribution < -0.4 is 0 Å². The third-order valence-electron chi connectivity index (χ3n) is 3.64. The van der Waals surface area contributed by atoms with Gasteiger partial charge in [0, 0.05) is 0 Å². The van der Waals surface area contributed by atoms with Crippen LogP contribution in [-0.4, -0.2) is 5.24 Å². The van der Waals surface area contributed by atoms with Crippen molar-refractivity contribution in [3.63, 3.8) is 0 Å². The highest BCUT2D eigenvalue weighted by Crippen LogP contribution is 2.50. The lowest BCUT2D eigenvalue weighted by Gasteiger charge is -2.10. The van der Waals surface area contributed by atoms with Gasteiger partial charge in [-0.2, -0.15) is 0 Å². The predicted octanol–water partition coefficient (Wildman–Crippen LogP) is 3.36. The third-order valence-corrected chi connectivity index (χ3v) is 4.00. The van der Waals surface area contributed by atoms with Crippen molar-refractivity contribution in [2.24, 2.45) is 0 Å². The lowest BCUT2D eigenvalue weighted by atomic mass is 9.95. The number of hydrogen-bond acceptors (Lipinski definition) is 1. The number of benzene rings is 1. The minimum Gasteiger partial charge on any atom is -0.280 e. The average molecular weight is 221 g/mol. The van der Waals surface area contributed by atoms with E-state index in [0.717, 1.165) is 24.3 Å². The monoisotopic (exact) mass is 220 g/mol. The van der Waals surface area contributed by atoms with Crippen LogP contribution in [-0.2, 0) is 10.2 Å². The van der Waals surface area contributed by atoms with Crippen LogP contribution in [0.5, 0.6) is 0 Å². The summed E-state index contributed by atoms with van der Waals surface area (Å²) in [7, 11) is 0. The van der Waals surface area contributed by atoms with Gasteiger partial charge in [0.05, 0.1) is 5.41 Å². The van der Waals surface area contributed by atoms with Crippen LogP contribution in [0.2, 0.25) is 0 Å². The molecule has 2 fully saturated rings. The van der Waals surface area contributed by atoms with Gasteiger partial charge in [-0.15, -0.1) is 0 Å². The Kier molecular flexibility index (Phi) is 1.93. The second-order valence-corrected chi connectivity index (χ2v) is 5.10. The molecule has 1 aromatic rings. The molecule has 78 valence electrons. The van der Waals surface area contributed by atoms with Crippen LogP contribution in [0.15, 0.2) is 24.3 Å². The normalized spacial score (nSPS) is 22.5. The number of carbonyl (C=O) groups is 1. The first-order chi connectivity index (χ1) is 7.22. The van der Waals surface area contributed by atoms with E-state index in [1.165, 1.54) is 18.4 Å². The maximum Gasteiger partial charge on any atom is 0.232 e. The number of rotatable bonds is 3. The van der Waals surface area contributed by atoms with Crippen molar-refractivity contribution in [3.8, 4) is 0 Å². The minimum absolute atomic E-state index is 0.193.